The molecule has 1 aromatic heterocycles. The van der Waals surface area contributed by atoms with E-state index in [1.165, 1.54) is 54.6 Å². The number of nitrogens with zero attached hydrogens (tertiary/aromatic N) is 2. The van der Waals surface area contributed by atoms with Crippen LogP contribution in [0.15, 0.2) is 88.7 Å². The number of aryl methyl sites for hydroxylation is 2. The van der Waals surface area contributed by atoms with Gasteiger partial charge < -0.3 is 5.32 Å². The van der Waals surface area contributed by atoms with Gasteiger partial charge in [-0.15, -0.1) is 0 Å². The zero-order valence-corrected chi connectivity index (χ0v) is 22.5. The maximum atomic E-state index is 12.8. The summed E-state index contributed by atoms with van der Waals surface area (Å²) in [4.78, 5) is 20.9. The Bertz CT molecular complexity index is 1690. The van der Waals surface area contributed by atoms with E-state index < -0.39 is 26.0 Å². The normalized spacial score (nSPS) is 11.6. The van der Waals surface area contributed by atoms with Crippen molar-refractivity contribution in [2.75, 3.05) is 14.8 Å². The minimum atomic E-state index is -3.96. The highest BCUT2D eigenvalue weighted by Crippen LogP contribution is 2.25. The average molecular weight is 572 g/mol. The van der Waals surface area contributed by atoms with E-state index >= 15 is 0 Å². The third-order valence-electron chi connectivity index (χ3n) is 5.15. The smallest absolute Gasteiger partial charge is 0.264 e. The van der Waals surface area contributed by atoms with E-state index in [2.05, 4.69) is 24.7 Å². The van der Waals surface area contributed by atoms with Crippen LogP contribution in [0, 0.1) is 13.8 Å². The van der Waals surface area contributed by atoms with Crippen LogP contribution in [0.3, 0.4) is 0 Å². The number of aromatic nitrogens is 2. The van der Waals surface area contributed by atoms with Crippen molar-refractivity contribution in [2.24, 2.45) is 0 Å². The van der Waals surface area contributed by atoms with Gasteiger partial charge in [-0.25, -0.2) is 31.5 Å². The highest BCUT2D eigenvalue weighted by Gasteiger charge is 2.18. The van der Waals surface area contributed by atoms with Crippen molar-refractivity contribution in [1.82, 2.24) is 9.97 Å². The number of nitrogens with one attached hydrogen (secondary N) is 3. The second kappa shape index (κ2) is 10.8. The molecular formula is C25H22ClN5O5S2. The summed E-state index contributed by atoms with van der Waals surface area (Å²) in [6.07, 6.45) is 0. The fraction of sp³-hybridized carbons (Fsp3) is 0.0800. The minimum absolute atomic E-state index is 0.0209. The quantitative estimate of drug-likeness (QED) is 0.280. The summed E-state index contributed by atoms with van der Waals surface area (Å²) in [5.41, 5.74) is 1.84. The zero-order valence-electron chi connectivity index (χ0n) is 20.1. The lowest BCUT2D eigenvalue weighted by atomic mass is 10.2. The molecule has 13 heteroatoms. The Morgan fingerprint density at radius 3 is 1.87 bits per heavy atom. The third kappa shape index (κ3) is 6.46. The van der Waals surface area contributed by atoms with Gasteiger partial charge in [0.2, 0.25) is 5.95 Å². The van der Waals surface area contributed by atoms with Gasteiger partial charge in [-0.2, -0.15) is 0 Å². The molecule has 10 nitrogen and oxygen atoms in total. The van der Waals surface area contributed by atoms with Crippen molar-refractivity contribution in [1.29, 1.82) is 0 Å². The number of amides is 1. The predicted molar refractivity (Wildman–Crippen MR) is 145 cm³/mol. The summed E-state index contributed by atoms with van der Waals surface area (Å²) in [6, 6.07) is 19.2. The van der Waals surface area contributed by atoms with Gasteiger partial charge in [0.05, 0.1) is 26.1 Å². The number of hydrogen-bond acceptors (Lipinski definition) is 7. The molecule has 4 aromatic rings. The first kappa shape index (κ1) is 27.0. The molecule has 0 spiro atoms. The molecule has 0 saturated heterocycles. The lowest BCUT2D eigenvalue weighted by molar-refractivity contribution is 0.102. The molecule has 0 fully saturated rings. The SMILES string of the molecule is Cc1cc(C)nc(NS(=O)(=O)c2ccc(NC(=O)c3ccc(NS(=O)(=O)c4ccccc4)cc3Cl)cc2)n1. The van der Waals surface area contributed by atoms with Gasteiger partial charge in [0.25, 0.3) is 26.0 Å². The monoisotopic (exact) mass is 571 g/mol. The number of carbonyl (C=O) groups is 1. The van der Waals surface area contributed by atoms with Crippen LogP contribution in [0.4, 0.5) is 17.3 Å². The molecule has 0 aliphatic heterocycles. The van der Waals surface area contributed by atoms with Gasteiger partial charge >= 0.3 is 0 Å². The Morgan fingerprint density at radius 1 is 0.711 bits per heavy atom. The fourth-order valence-corrected chi connectivity index (χ4v) is 5.72. The second-order valence-electron chi connectivity index (χ2n) is 8.17. The van der Waals surface area contributed by atoms with E-state index in [1.54, 1.807) is 38.1 Å². The Balaban J connectivity index is 1.44. The predicted octanol–water partition coefficient (Wildman–Crippen LogP) is 4.60. The lowest BCUT2D eigenvalue weighted by Gasteiger charge is -2.11. The summed E-state index contributed by atoms with van der Waals surface area (Å²) in [5, 5.41) is 2.65. The van der Waals surface area contributed by atoms with E-state index in [0.29, 0.717) is 17.1 Å². The molecule has 0 bridgehead atoms. The van der Waals surface area contributed by atoms with E-state index in [9.17, 15) is 21.6 Å². The molecule has 0 aliphatic carbocycles. The van der Waals surface area contributed by atoms with Crippen molar-refractivity contribution in [3.05, 3.63) is 101 Å². The lowest BCUT2D eigenvalue weighted by Crippen LogP contribution is -2.16. The Kier molecular flexibility index (Phi) is 7.67. The van der Waals surface area contributed by atoms with E-state index in [0.717, 1.165) is 0 Å². The molecule has 1 heterocycles. The van der Waals surface area contributed by atoms with Crippen molar-refractivity contribution >= 4 is 54.9 Å². The van der Waals surface area contributed by atoms with Crippen LogP contribution in [0.2, 0.25) is 5.02 Å². The number of halogens is 1. The van der Waals surface area contributed by atoms with Gasteiger partial charge in [-0.3, -0.25) is 9.52 Å². The van der Waals surface area contributed by atoms with Gasteiger partial charge in [0, 0.05) is 17.1 Å². The highest BCUT2D eigenvalue weighted by atomic mass is 35.5. The first-order valence-corrected chi connectivity index (χ1v) is 14.4. The van der Waals surface area contributed by atoms with E-state index in [4.69, 9.17) is 11.6 Å². The van der Waals surface area contributed by atoms with Crippen molar-refractivity contribution in [2.45, 2.75) is 23.6 Å². The van der Waals surface area contributed by atoms with Crippen LogP contribution >= 0.6 is 11.6 Å². The van der Waals surface area contributed by atoms with Crippen molar-refractivity contribution in [3.8, 4) is 0 Å². The van der Waals surface area contributed by atoms with Gasteiger partial charge in [0.1, 0.15) is 0 Å². The standard InChI is InChI=1S/C25H22ClN5O5S2/c1-16-14-17(2)28-25(27-16)31-38(35,36)21-11-8-18(9-12-21)29-24(32)22-13-10-19(15-23(22)26)30-37(33,34)20-6-4-3-5-7-20/h3-15,30H,1-2H3,(H,29,32)(H,27,28,31). The number of hydrogen-bond donors (Lipinski definition) is 3. The molecule has 0 atom stereocenters. The molecule has 3 aromatic carbocycles. The van der Waals surface area contributed by atoms with Crippen LogP contribution in [0.1, 0.15) is 21.7 Å². The molecule has 0 saturated carbocycles. The molecule has 0 unspecified atom stereocenters. The molecule has 4 rings (SSSR count). The summed E-state index contributed by atoms with van der Waals surface area (Å²) < 4.78 is 55.2. The van der Waals surface area contributed by atoms with Crippen LogP contribution in [-0.4, -0.2) is 32.7 Å². The van der Waals surface area contributed by atoms with Crippen molar-refractivity contribution < 1.29 is 21.6 Å². The first-order chi connectivity index (χ1) is 17.9. The van der Waals surface area contributed by atoms with Gasteiger partial charge in [-0.05, 0) is 74.5 Å². The summed E-state index contributed by atoms with van der Waals surface area (Å²) >= 11 is 6.25. The highest BCUT2D eigenvalue weighted by molar-refractivity contribution is 7.93. The Morgan fingerprint density at radius 2 is 1.26 bits per heavy atom. The summed E-state index contributed by atoms with van der Waals surface area (Å²) in [6.45, 7) is 3.46. The number of benzene rings is 3. The van der Waals surface area contributed by atoms with Crippen molar-refractivity contribution in [3.63, 3.8) is 0 Å². The first-order valence-electron chi connectivity index (χ1n) is 11.1. The molecule has 38 heavy (non-hydrogen) atoms. The molecule has 196 valence electrons. The molecular weight excluding hydrogens is 550 g/mol. The second-order valence-corrected chi connectivity index (χ2v) is 11.9. The average Bonchev–Trinajstić information content (AvgIpc) is 2.84. The van der Waals surface area contributed by atoms with Gasteiger partial charge in [-0.1, -0.05) is 29.8 Å². The maximum absolute atomic E-state index is 12.8. The number of sulfonamides is 2. The molecule has 3 N–H and O–H groups in total. The Hall–Kier alpha value is -4.00. The van der Waals surface area contributed by atoms with Gasteiger partial charge in [0.15, 0.2) is 0 Å². The Labute approximate surface area is 225 Å². The number of anilines is 3. The van der Waals surface area contributed by atoms with E-state index in [-0.39, 0.29) is 32.0 Å². The largest absolute Gasteiger partial charge is 0.322 e. The van der Waals surface area contributed by atoms with Crippen LogP contribution in [0.5, 0.6) is 0 Å². The topological polar surface area (TPSA) is 147 Å². The van der Waals surface area contributed by atoms with Crippen LogP contribution in [-0.2, 0) is 20.0 Å². The van der Waals surface area contributed by atoms with Crippen LogP contribution < -0.4 is 14.8 Å². The molecule has 0 radical (unpaired) electrons. The number of carbonyl (C=O) groups excluding carboxylic acids is 1. The third-order valence-corrected chi connectivity index (χ3v) is 8.20. The zero-order chi connectivity index (χ0) is 27.5. The van der Waals surface area contributed by atoms with Crippen LogP contribution in [0.25, 0.3) is 0 Å². The summed E-state index contributed by atoms with van der Waals surface area (Å²) in [5.74, 6) is -0.603. The minimum Gasteiger partial charge on any atom is -0.322 e. The fourth-order valence-electron chi connectivity index (χ4n) is 3.44. The maximum Gasteiger partial charge on any atom is 0.264 e. The summed E-state index contributed by atoms with van der Waals surface area (Å²) in [7, 11) is -7.78. The molecule has 1 amide bonds. The molecule has 0 aliphatic rings. The van der Waals surface area contributed by atoms with E-state index in [1.807, 2.05) is 0 Å². The number of rotatable bonds is 8.